The summed E-state index contributed by atoms with van der Waals surface area (Å²) in [7, 11) is 0. The summed E-state index contributed by atoms with van der Waals surface area (Å²) >= 11 is 0. The van der Waals surface area contributed by atoms with E-state index in [1.807, 2.05) is 0 Å². The molecule has 3 nitrogen and oxygen atoms in total. The second-order valence-corrected chi connectivity index (χ2v) is 4.94. The van der Waals surface area contributed by atoms with Gasteiger partial charge in [-0.25, -0.2) is 0 Å². The van der Waals surface area contributed by atoms with Crippen molar-refractivity contribution in [2.24, 2.45) is 5.41 Å². The average Bonchev–Trinajstić information content (AvgIpc) is 2.18. The number of carbonyl (C=O) groups excluding carboxylic acids is 1. The number of nitrogens with zero attached hydrogens (tertiary/aromatic N) is 1. The van der Waals surface area contributed by atoms with Gasteiger partial charge in [0.05, 0.1) is 12.7 Å². The highest BCUT2D eigenvalue weighted by Crippen LogP contribution is 2.22. The summed E-state index contributed by atoms with van der Waals surface area (Å²) in [5.74, 6) is 0. The summed E-state index contributed by atoms with van der Waals surface area (Å²) in [5.41, 5.74) is -0.175. The lowest BCUT2D eigenvalue weighted by atomic mass is 9.86. The van der Waals surface area contributed by atoms with Gasteiger partial charge in [0.15, 0.2) is 0 Å². The van der Waals surface area contributed by atoms with E-state index < -0.39 is 0 Å². The highest BCUT2D eigenvalue weighted by atomic mass is 16.5. The predicted molar refractivity (Wildman–Crippen MR) is 60.9 cm³/mol. The zero-order valence-electron chi connectivity index (χ0n) is 10.2. The van der Waals surface area contributed by atoms with Gasteiger partial charge in [0.25, 0.3) is 0 Å². The first-order chi connectivity index (χ1) is 7.09. The average molecular weight is 213 g/mol. The van der Waals surface area contributed by atoms with Crippen molar-refractivity contribution in [2.75, 3.05) is 26.2 Å². The van der Waals surface area contributed by atoms with Crippen LogP contribution in [0.3, 0.4) is 0 Å². The standard InChI is InChI=1S/C12H23NO2/c1-4-5-12(3,10-14)9-13-6-7-15-11(2)8-13/h10-11H,4-9H2,1-3H3. The van der Waals surface area contributed by atoms with Crippen LogP contribution in [0.1, 0.15) is 33.6 Å². The monoisotopic (exact) mass is 213 g/mol. The van der Waals surface area contributed by atoms with Crippen LogP contribution in [0.25, 0.3) is 0 Å². The van der Waals surface area contributed by atoms with Crippen molar-refractivity contribution in [1.82, 2.24) is 4.90 Å². The van der Waals surface area contributed by atoms with Gasteiger partial charge in [-0.15, -0.1) is 0 Å². The van der Waals surface area contributed by atoms with Crippen molar-refractivity contribution in [3.05, 3.63) is 0 Å². The minimum Gasteiger partial charge on any atom is -0.376 e. The molecule has 0 amide bonds. The van der Waals surface area contributed by atoms with Gasteiger partial charge < -0.3 is 9.53 Å². The fourth-order valence-corrected chi connectivity index (χ4v) is 2.29. The molecule has 1 heterocycles. The van der Waals surface area contributed by atoms with Gasteiger partial charge in [-0.3, -0.25) is 4.90 Å². The van der Waals surface area contributed by atoms with Gasteiger partial charge in [0, 0.05) is 25.0 Å². The minimum atomic E-state index is -0.175. The number of hydrogen-bond donors (Lipinski definition) is 0. The highest BCUT2D eigenvalue weighted by Gasteiger charge is 2.28. The van der Waals surface area contributed by atoms with Crippen molar-refractivity contribution >= 4 is 6.29 Å². The second-order valence-electron chi connectivity index (χ2n) is 4.94. The molecule has 0 aliphatic carbocycles. The molecular formula is C12H23NO2. The van der Waals surface area contributed by atoms with E-state index in [0.29, 0.717) is 6.10 Å². The third-order valence-corrected chi connectivity index (χ3v) is 3.02. The molecule has 1 aliphatic rings. The van der Waals surface area contributed by atoms with Crippen LogP contribution in [0.5, 0.6) is 0 Å². The van der Waals surface area contributed by atoms with Crippen LogP contribution in [-0.2, 0) is 9.53 Å². The summed E-state index contributed by atoms with van der Waals surface area (Å²) < 4.78 is 5.49. The molecule has 0 aromatic heterocycles. The van der Waals surface area contributed by atoms with Crippen LogP contribution in [0, 0.1) is 5.41 Å². The van der Waals surface area contributed by atoms with E-state index in [2.05, 4.69) is 25.7 Å². The molecule has 0 N–H and O–H groups in total. The number of morpholine rings is 1. The van der Waals surface area contributed by atoms with Crippen LogP contribution in [0.15, 0.2) is 0 Å². The van der Waals surface area contributed by atoms with Gasteiger partial charge in [-0.05, 0) is 13.3 Å². The quantitative estimate of drug-likeness (QED) is 0.651. The van der Waals surface area contributed by atoms with E-state index >= 15 is 0 Å². The highest BCUT2D eigenvalue weighted by molar-refractivity contribution is 5.59. The Morgan fingerprint density at radius 3 is 2.87 bits per heavy atom. The molecular weight excluding hydrogens is 190 g/mol. The van der Waals surface area contributed by atoms with Crippen molar-refractivity contribution < 1.29 is 9.53 Å². The Hall–Kier alpha value is -0.410. The van der Waals surface area contributed by atoms with Crippen LogP contribution in [0.2, 0.25) is 0 Å². The number of carbonyl (C=O) groups is 1. The van der Waals surface area contributed by atoms with Crippen molar-refractivity contribution in [3.8, 4) is 0 Å². The Morgan fingerprint density at radius 2 is 2.33 bits per heavy atom. The molecule has 15 heavy (non-hydrogen) atoms. The normalized spacial score (nSPS) is 27.3. The zero-order chi connectivity index (χ0) is 11.3. The molecule has 0 saturated carbocycles. The molecule has 0 aromatic rings. The molecule has 2 unspecified atom stereocenters. The third kappa shape index (κ3) is 3.92. The van der Waals surface area contributed by atoms with Gasteiger partial charge in [-0.2, -0.15) is 0 Å². The van der Waals surface area contributed by atoms with Crippen LogP contribution in [-0.4, -0.2) is 43.5 Å². The Balaban J connectivity index is 2.46. The Kier molecular flexibility index (Phi) is 4.74. The third-order valence-electron chi connectivity index (χ3n) is 3.02. The lowest BCUT2D eigenvalue weighted by Crippen LogP contribution is -2.46. The number of rotatable bonds is 5. The predicted octanol–water partition coefficient (Wildman–Crippen LogP) is 1.71. The fraction of sp³-hybridized carbons (Fsp3) is 0.917. The van der Waals surface area contributed by atoms with Gasteiger partial charge >= 0.3 is 0 Å². The first-order valence-electron chi connectivity index (χ1n) is 5.90. The second kappa shape index (κ2) is 5.61. The SMILES string of the molecule is CCCC(C)(C=O)CN1CCOC(C)C1. The van der Waals surface area contributed by atoms with Gasteiger partial charge in [-0.1, -0.05) is 20.3 Å². The van der Waals surface area contributed by atoms with E-state index in [-0.39, 0.29) is 5.41 Å². The first-order valence-corrected chi connectivity index (χ1v) is 5.90. The molecule has 2 atom stereocenters. The summed E-state index contributed by atoms with van der Waals surface area (Å²) in [6.45, 7) is 9.85. The van der Waals surface area contributed by atoms with Crippen LogP contribution in [0.4, 0.5) is 0 Å². The maximum absolute atomic E-state index is 11.1. The zero-order valence-corrected chi connectivity index (χ0v) is 10.2. The lowest BCUT2D eigenvalue weighted by Gasteiger charge is -2.36. The van der Waals surface area contributed by atoms with Gasteiger partial charge in [0.1, 0.15) is 6.29 Å². The Morgan fingerprint density at radius 1 is 1.60 bits per heavy atom. The maximum Gasteiger partial charge on any atom is 0.127 e. The van der Waals surface area contributed by atoms with E-state index in [1.54, 1.807) is 0 Å². The van der Waals surface area contributed by atoms with Crippen molar-refractivity contribution in [1.29, 1.82) is 0 Å². The summed E-state index contributed by atoms with van der Waals surface area (Å²) in [4.78, 5) is 13.5. The summed E-state index contributed by atoms with van der Waals surface area (Å²) in [6.07, 6.45) is 3.46. The van der Waals surface area contributed by atoms with Crippen LogP contribution >= 0.6 is 0 Å². The first kappa shape index (κ1) is 12.7. The minimum absolute atomic E-state index is 0.175. The lowest BCUT2D eigenvalue weighted by molar-refractivity contribution is -0.118. The number of hydrogen-bond acceptors (Lipinski definition) is 3. The van der Waals surface area contributed by atoms with E-state index in [4.69, 9.17) is 4.74 Å². The van der Waals surface area contributed by atoms with Crippen molar-refractivity contribution in [3.63, 3.8) is 0 Å². The van der Waals surface area contributed by atoms with E-state index in [9.17, 15) is 4.79 Å². The number of ether oxygens (including phenoxy) is 1. The molecule has 1 fully saturated rings. The smallest absolute Gasteiger partial charge is 0.127 e. The van der Waals surface area contributed by atoms with E-state index in [0.717, 1.165) is 45.4 Å². The molecule has 1 aliphatic heterocycles. The summed E-state index contributed by atoms with van der Waals surface area (Å²) in [5, 5.41) is 0. The Bertz CT molecular complexity index is 208. The molecule has 0 radical (unpaired) electrons. The molecule has 0 bridgehead atoms. The van der Waals surface area contributed by atoms with Crippen molar-refractivity contribution in [2.45, 2.75) is 39.7 Å². The molecule has 3 heteroatoms. The molecule has 88 valence electrons. The molecule has 0 spiro atoms. The molecule has 1 rings (SSSR count). The Labute approximate surface area is 92.8 Å². The number of aldehydes is 1. The molecule has 1 saturated heterocycles. The summed E-state index contributed by atoms with van der Waals surface area (Å²) in [6, 6.07) is 0. The largest absolute Gasteiger partial charge is 0.376 e. The van der Waals surface area contributed by atoms with E-state index in [1.165, 1.54) is 0 Å². The van der Waals surface area contributed by atoms with Gasteiger partial charge in [0.2, 0.25) is 0 Å². The maximum atomic E-state index is 11.1. The molecule has 0 aromatic carbocycles. The fourth-order valence-electron chi connectivity index (χ4n) is 2.29. The van der Waals surface area contributed by atoms with Crippen LogP contribution < -0.4 is 0 Å². The topological polar surface area (TPSA) is 29.5 Å².